The number of unbranched alkanes of at least 4 members (excludes halogenated alkanes) is 1. The topological polar surface area (TPSA) is 76.9 Å². The van der Waals surface area contributed by atoms with Gasteiger partial charge in [0.15, 0.2) is 0 Å². The Balaban J connectivity index is 1.85. The summed E-state index contributed by atoms with van der Waals surface area (Å²) in [5, 5.41) is 15.7. The van der Waals surface area contributed by atoms with Crippen molar-refractivity contribution in [1.29, 1.82) is 5.26 Å². The molecule has 2 aromatic rings. The van der Waals surface area contributed by atoms with Gasteiger partial charge in [-0.1, -0.05) is 19.4 Å². The second-order valence-electron chi connectivity index (χ2n) is 6.68. The lowest BCUT2D eigenvalue weighted by Gasteiger charge is -2.19. The maximum absolute atomic E-state index is 9.08. The normalized spacial score (nSPS) is 16.5. The molecule has 1 saturated heterocycles. The van der Waals surface area contributed by atoms with Crippen molar-refractivity contribution in [3.8, 4) is 6.07 Å². The molecule has 26 heavy (non-hydrogen) atoms. The Hall–Kier alpha value is -2.65. The number of nitriles is 1. The summed E-state index contributed by atoms with van der Waals surface area (Å²) in [5.41, 5.74) is 2.51. The largest absolute Gasteiger partial charge is 0.355 e. The molecule has 0 bridgehead atoms. The zero-order valence-corrected chi connectivity index (χ0v) is 15.5. The first kappa shape index (κ1) is 18.2. The van der Waals surface area contributed by atoms with E-state index in [0.717, 1.165) is 56.0 Å². The maximum atomic E-state index is 9.08. The quantitative estimate of drug-likeness (QED) is 0.798. The van der Waals surface area contributed by atoms with Crippen LogP contribution in [-0.4, -0.2) is 36.1 Å². The van der Waals surface area contributed by atoms with Crippen LogP contribution in [0.1, 0.15) is 37.4 Å². The molecule has 136 valence electrons. The van der Waals surface area contributed by atoms with Crippen molar-refractivity contribution in [1.82, 2.24) is 15.3 Å². The molecule has 1 fully saturated rings. The number of hydrogen-bond acceptors (Lipinski definition) is 6. The first-order chi connectivity index (χ1) is 12.7. The molecule has 1 aromatic carbocycles. The molecule has 0 aliphatic carbocycles. The molecule has 1 aromatic heterocycles. The SMILES string of the molecule is CCCCc1cc(N2CC[C@H](NC)C2)nc(Nc2cccc(C#N)c2)n1. The molecule has 1 aliphatic heterocycles. The van der Waals surface area contributed by atoms with Crippen LogP contribution in [-0.2, 0) is 6.42 Å². The van der Waals surface area contributed by atoms with Crippen LogP contribution in [0.3, 0.4) is 0 Å². The predicted molar refractivity (Wildman–Crippen MR) is 105 cm³/mol. The van der Waals surface area contributed by atoms with E-state index in [9.17, 15) is 0 Å². The van der Waals surface area contributed by atoms with E-state index < -0.39 is 0 Å². The number of anilines is 3. The molecule has 1 atom stereocenters. The van der Waals surface area contributed by atoms with Crippen molar-refractivity contribution in [3.05, 3.63) is 41.6 Å². The first-order valence-electron chi connectivity index (χ1n) is 9.29. The van der Waals surface area contributed by atoms with Gasteiger partial charge in [-0.05, 0) is 44.5 Å². The highest BCUT2D eigenvalue weighted by atomic mass is 15.3. The van der Waals surface area contributed by atoms with Gasteiger partial charge < -0.3 is 15.5 Å². The minimum Gasteiger partial charge on any atom is -0.355 e. The summed E-state index contributed by atoms with van der Waals surface area (Å²) in [5.74, 6) is 1.57. The van der Waals surface area contributed by atoms with Crippen molar-refractivity contribution >= 4 is 17.5 Å². The Morgan fingerprint density at radius 2 is 2.19 bits per heavy atom. The molecule has 1 aliphatic rings. The smallest absolute Gasteiger partial charge is 0.229 e. The Bertz CT molecular complexity index is 782. The highest BCUT2D eigenvalue weighted by Gasteiger charge is 2.23. The van der Waals surface area contributed by atoms with Gasteiger partial charge in [0.25, 0.3) is 0 Å². The van der Waals surface area contributed by atoms with E-state index in [4.69, 9.17) is 10.2 Å². The predicted octanol–water partition coefficient (Wildman–Crippen LogP) is 3.23. The van der Waals surface area contributed by atoms with Crippen LogP contribution in [0.5, 0.6) is 0 Å². The second-order valence-corrected chi connectivity index (χ2v) is 6.68. The van der Waals surface area contributed by atoms with Gasteiger partial charge in [-0.3, -0.25) is 0 Å². The monoisotopic (exact) mass is 350 g/mol. The Labute approximate surface area is 155 Å². The van der Waals surface area contributed by atoms with Gasteiger partial charge in [0, 0.05) is 36.6 Å². The van der Waals surface area contributed by atoms with E-state index in [2.05, 4.69) is 39.6 Å². The van der Waals surface area contributed by atoms with Crippen LogP contribution in [0.4, 0.5) is 17.5 Å². The molecule has 0 radical (unpaired) electrons. The number of aryl methyl sites for hydroxylation is 1. The Kier molecular flexibility index (Phi) is 6.03. The molecule has 2 heterocycles. The number of nitrogens with one attached hydrogen (secondary N) is 2. The lowest BCUT2D eigenvalue weighted by atomic mass is 10.2. The summed E-state index contributed by atoms with van der Waals surface area (Å²) >= 11 is 0. The molecule has 6 heteroatoms. The van der Waals surface area contributed by atoms with E-state index in [1.807, 2.05) is 25.2 Å². The zero-order chi connectivity index (χ0) is 18.4. The number of likely N-dealkylation sites (N-methyl/N-ethyl adjacent to an activating group) is 1. The fraction of sp³-hybridized carbons (Fsp3) is 0.450. The highest BCUT2D eigenvalue weighted by Crippen LogP contribution is 2.23. The van der Waals surface area contributed by atoms with Gasteiger partial charge in [0.1, 0.15) is 5.82 Å². The maximum Gasteiger partial charge on any atom is 0.229 e. The van der Waals surface area contributed by atoms with Crippen molar-refractivity contribution in [3.63, 3.8) is 0 Å². The van der Waals surface area contributed by atoms with Crippen LogP contribution in [0.25, 0.3) is 0 Å². The summed E-state index contributed by atoms with van der Waals surface area (Å²) in [6.45, 7) is 4.15. The van der Waals surface area contributed by atoms with E-state index in [-0.39, 0.29) is 0 Å². The minimum absolute atomic E-state index is 0.507. The summed E-state index contributed by atoms with van der Waals surface area (Å²) < 4.78 is 0. The van der Waals surface area contributed by atoms with Crippen molar-refractivity contribution in [2.75, 3.05) is 30.4 Å². The third-order valence-electron chi connectivity index (χ3n) is 4.72. The summed E-state index contributed by atoms with van der Waals surface area (Å²) in [6, 6.07) is 12.2. The van der Waals surface area contributed by atoms with Crippen LogP contribution < -0.4 is 15.5 Å². The zero-order valence-electron chi connectivity index (χ0n) is 15.5. The molecule has 3 rings (SSSR count). The van der Waals surface area contributed by atoms with Gasteiger partial charge in [-0.15, -0.1) is 0 Å². The van der Waals surface area contributed by atoms with E-state index in [0.29, 0.717) is 17.6 Å². The number of hydrogen-bond donors (Lipinski definition) is 2. The average molecular weight is 350 g/mol. The Morgan fingerprint density at radius 1 is 1.31 bits per heavy atom. The number of aromatic nitrogens is 2. The van der Waals surface area contributed by atoms with Crippen molar-refractivity contribution in [2.45, 2.75) is 38.6 Å². The van der Waals surface area contributed by atoms with Gasteiger partial charge in [0.2, 0.25) is 5.95 Å². The number of rotatable bonds is 7. The molecular formula is C20H26N6. The van der Waals surface area contributed by atoms with Gasteiger partial charge >= 0.3 is 0 Å². The first-order valence-corrected chi connectivity index (χ1v) is 9.29. The Morgan fingerprint density at radius 3 is 2.92 bits per heavy atom. The van der Waals surface area contributed by atoms with E-state index in [1.54, 1.807) is 6.07 Å². The third kappa shape index (κ3) is 4.50. The molecule has 2 N–H and O–H groups in total. The molecule has 0 spiro atoms. The summed E-state index contributed by atoms with van der Waals surface area (Å²) in [4.78, 5) is 11.7. The standard InChI is InChI=1S/C20H26N6/c1-3-4-7-17-12-19(26-10-9-18(14-26)22-2)25-20(24-17)23-16-8-5-6-15(11-16)13-21/h5-6,8,11-12,18,22H,3-4,7,9-10,14H2,1-2H3,(H,23,24,25)/t18-/m0/s1. The lowest BCUT2D eigenvalue weighted by Crippen LogP contribution is -2.30. The molecule has 0 unspecified atom stereocenters. The molecule has 0 saturated carbocycles. The summed E-state index contributed by atoms with van der Waals surface area (Å²) in [6.07, 6.45) is 4.32. The summed E-state index contributed by atoms with van der Waals surface area (Å²) in [7, 11) is 2.01. The van der Waals surface area contributed by atoms with E-state index >= 15 is 0 Å². The van der Waals surface area contributed by atoms with Gasteiger partial charge in [-0.2, -0.15) is 10.2 Å². The fourth-order valence-corrected chi connectivity index (χ4v) is 3.19. The lowest BCUT2D eigenvalue weighted by molar-refractivity contribution is 0.616. The fourth-order valence-electron chi connectivity index (χ4n) is 3.19. The molecular weight excluding hydrogens is 324 g/mol. The number of nitrogens with zero attached hydrogens (tertiary/aromatic N) is 4. The van der Waals surface area contributed by atoms with Gasteiger partial charge in [0.05, 0.1) is 11.6 Å². The number of benzene rings is 1. The van der Waals surface area contributed by atoms with Crippen LogP contribution in [0.2, 0.25) is 0 Å². The van der Waals surface area contributed by atoms with Crippen molar-refractivity contribution in [2.24, 2.45) is 0 Å². The van der Waals surface area contributed by atoms with Crippen LogP contribution in [0.15, 0.2) is 30.3 Å². The molecule has 0 amide bonds. The van der Waals surface area contributed by atoms with Crippen molar-refractivity contribution < 1.29 is 0 Å². The highest BCUT2D eigenvalue weighted by molar-refractivity contribution is 5.58. The van der Waals surface area contributed by atoms with Crippen LogP contribution in [0, 0.1) is 11.3 Å². The van der Waals surface area contributed by atoms with Gasteiger partial charge in [-0.25, -0.2) is 4.98 Å². The second kappa shape index (κ2) is 8.63. The van der Waals surface area contributed by atoms with Crippen LogP contribution >= 0.6 is 0 Å². The average Bonchev–Trinajstić information content (AvgIpc) is 3.16. The van der Waals surface area contributed by atoms with E-state index in [1.165, 1.54) is 0 Å². The molecule has 6 nitrogen and oxygen atoms in total. The minimum atomic E-state index is 0.507. The third-order valence-corrected chi connectivity index (χ3v) is 4.72.